The molecule has 2 aliphatic heterocycles. The van der Waals surface area contributed by atoms with E-state index in [4.69, 9.17) is 0 Å². The minimum Gasteiger partial charge on any atom is -0.481 e. The minimum atomic E-state index is -0.736. The van der Waals surface area contributed by atoms with Crippen LogP contribution < -0.4 is 0 Å². The molecule has 1 N–H and O–H groups in total. The van der Waals surface area contributed by atoms with Crippen LogP contribution in [-0.2, 0) is 9.59 Å². The van der Waals surface area contributed by atoms with E-state index in [1.165, 1.54) is 0 Å². The van der Waals surface area contributed by atoms with Gasteiger partial charge in [-0.1, -0.05) is 13.3 Å². The maximum absolute atomic E-state index is 12.3. The van der Waals surface area contributed by atoms with Crippen LogP contribution in [0.4, 0.5) is 0 Å². The predicted octanol–water partition coefficient (Wildman–Crippen LogP) is 1.84. The standard InChI is InChI=1S/C13H21NO3S/c1-2-4-13(12(16)17)5-6-14(9-13)11(15)10-3-7-18-8-10/h10H,2-9H2,1H3,(H,16,17). The molecular formula is C13H21NO3S. The zero-order valence-corrected chi connectivity index (χ0v) is 11.7. The summed E-state index contributed by atoms with van der Waals surface area (Å²) in [4.78, 5) is 25.5. The molecule has 18 heavy (non-hydrogen) atoms. The largest absolute Gasteiger partial charge is 0.481 e. The van der Waals surface area contributed by atoms with Crippen LogP contribution in [0.25, 0.3) is 0 Å². The molecule has 5 heteroatoms. The summed E-state index contributed by atoms with van der Waals surface area (Å²) >= 11 is 1.82. The first-order chi connectivity index (χ1) is 8.59. The fourth-order valence-electron chi connectivity index (χ4n) is 3.01. The summed E-state index contributed by atoms with van der Waals surface area (Å²) in [5.74, 6) is 1.54. The van der Waals surface area contributed by atoms with E-state index in [0.29, 0.717) is 25.9 Å². The highest BCUT2D eigenvalue weighted by Gasteiger charge is 2.46. The molecule has 2 atom stereocenters. The maximum atomic E-state index is 12.3. The van der Waals surface area contributed by atoms with Gasteiger partial charge in [0.2, 0.25) is 5.91 Å². The first-order valence-electron chi connectivity index (χ1n) is 6.69. The lowest BCUT2D eigenvalue weighted by molar-refractivity contribution is -0.149. The summed E-state index contributed by atoms with van der Waals surface area (Å²) in [6, 6.07) is 0. The van der Waals surface area contributed by atoms with E-state index in [0.717, 1.165) is 24.3 Å². The number of carboxylic acid groups (broad SMARTS) is 1. The van der Waals surface area contributed by atoms with Crippen LogP contribution in [-0.4, -0.2) is 46.5 Å². The Balaban J connectivity index is 2.01. The lowest BCUT2D eigenvalue weighted by Crippen LogP contribution is -2.39. The van der Waals surface area contributed by atoms with E-state index in [-0.39, 0.29) is 11.8 Å². The van der Waals surface area contributed by atoms with Crippen molar-refractivity contribution in [1.29, 1.82) is 0 Å². The number of aliphatic carboxylic acids is 1. The molecule has 0 aromatic rings. The second-order valence-corrected chi connectivity index (χ2v) is 6.56. The van der Waals surface area contributed by atoms with Gasteiger partial charge >= 0.3 is 5.97 Å². The van der Waals surface area contributed by atoms with Crippen LogP contribution in [0.5, 0.6) is 0 Å². The van der Waals surface area contributed by atoms with Crippen LogP contribution in [0, 0.1) is 11.3 Å². The highest BCUT2D eigenvalue weighted by atomic mass is 32.2. The zero-order valence-electron chi connectivity index (χ0n) is 10.9. The van der Waals surface area contributed by atoms with E-state index in [1.807, 2.05) is 18.7 Å². The normalized spacial score (nSPS) is 31.8. The average Bonchev–Trinajstić information content (AvgIpc) is 2.98. The molecule has 2 aliphatic rings. The number of carbonyl (C=O) groups excluding carboxylic acids is 1. The first kappa shape index (κ1) is 13.7. The molecule has 0 saturated carbocycles. The summed E-state index contributed by atoms with van der Waals surface area (Å²) in [5.41, 5.74) is -0.684. The third-order valence-corrected chi connectivity index (χ3v) is 5.29. The van der Waals surface area contributed by atoms with Crippen molar-refractivity contribution in [2.24, 2.45) is 11.3 Å². The number of hydrogen-bond donors (Lipinski definition) is 1. The van der Waals surface area contributed by atoms with Crippen LogP contribution in [0.15, 0.2) is 0 Å². The number of carboxylic acids is 1. The highest BCUT2D eigenvalue weighted by Crippen LogP contribution is 2.37. The monoisotopic (exact) mass is 271 g/mol. The summed E-state index contributed by atoms with van der Waals surface area (Å²) in [6.07, 6.45) is 3.09. The van der Waals surface area contributed by atoms with Crippen molar-refractivity contribution < 1.29 is 14.7 Å². The number of thioether (sulfide) groups is 1. The summed E-state index contributed by atoms with van der Waals surface area (Å²) in [6.45, 7) is 3.03. The molecule has 0 spiro atoms. The quantitative estimate of drug-likeness (QED) is 0.847. The fourth-order valence-corrected chi connectivity index (χ4v) is 4.22. The molecule has 102 valence electrons. The van der Waals surface area contributed by atoms with Crippen molar-refractivity contribution in [2.45, 2.75) is 32.6 Å². The third-order valence-electron chi connectivity index (χ3n) is 4.13. The van der Waals surface area contributed by atoms with Gasteiger partial charge in [0.1, 0.15) is 0 Å². The zero-order chi connectivity index (χ0) is 13.2. The van der Waals surface area contributed by atoms with Gasteiger partial charge in [-0.15, -0.1) is 0 Å². The van der Waals surface area contributed by atoms with E-state index in [1.54, 1.807) is 4.90 Å². The van der Waals surface area contributed by atoms with Gasteiger partial charge in [0.15, 0.2) is 0 Å². The molecular weight excluding hydrogens is 250 g/mol. The Morgan fingerprint density at radius 3 is 2.83 bits per heavy atom. The van der Waals surface area contributed by atoms with Crippen molar-refractivity contribution in [1.82, 2.24) is 4.90 Å². The Kier molecular flexibility index (Phi) is 4.20. The Morgan fingerprint density at radius 2 is 2.28 bits per heavy atom. The molecule has 2 unspecified atom stereocenters. The molecule has 0 aliphatic carbocycles. The van der Waals surface area contributed by atoms with E-state index in [2.05, 4.69) is 0 Å². The second kappa shape index (κ2) is 5.51. The third kappa shape index (κ3) is 2.51. The summed E-state index contributed by atoms with van der Waals surface area (Å²) in [7, 11) is 0. The van der Waals surface area contributed by atoms with Gasteiger partial charge in [0.25, 0.3) is 0 Å². The molecule has 2 heterocycles. The molecule has 4 nitrogen and oxygen atoms in total. The number of amides is 1. The van der Waals surface area contributed by atoms with Crippen LogP contribution in [0.1, 0.15) is 32.6 Å². The molecule has 0 radical (unpaired) electrons. The summed E-state index contributed by atoms with van der Waals surface area (Å²) < 4.78 is 0. The van der Waals surface area contributed by atoms with E-state index in [9.17, 15) is 14.7 Å². The molecule has 1 amide bonds. The van der Waals surface area contributed by atoms with E-state index >= 15 is 0 Å². The predicted molar refractivity (Wildman–Crippen MR) is 71.6 cm³/mol. The Bertz CT molecular complexity index is 341. The van der Waals surface area contributed by atoms with E-state index < -0.39 is 11.4 Å². The van der Waals surface area contributed by atoms with Gasteiger partial charge < -0.3 is 10.0 Å². The topological polar surface area (TPSA) is 57.6 Å². The summed E-state index contributed by atoms with van der Waals surface area (Å²) in [5, 5.41) is 9.42. The second-order valence-electron chi connectivity index (χ2n) is 5.41. The molecule has 2 saturated heterocycles. The van der Waals surface area contributed by atoms with Gasteiger partial charge in [-0.25, -0.2) is 0 Å². The fraction of sp³-hybridized carbons (Fsp3) is 0.846. The smallest absolute Gasteiger partial charge is 0.311 e. The number of hydrogen-bond acceptors (Lipinski definition) is 3. The van der Waals surface area contributed by atoms with Crippen molar-refractivity contribution in [3.8, 4) is 0 Å². The number of rotatable bonds is 4. The van der Waals surface area contributed by atoms with Crippen molar-refractivity contribution in [2.75, 3.05) is 24.6 Å². The van der Waals surface area contributed by atoms with Crippen LogP contribution in [0.3, 0.4) is 0 Å². The van der Waals surface area contributed by atoms with Crippen molar-refractivity contribution in [3.05, 3.63) is 0 Å². The average molecular weight is 271 g/mol. The van der Waals surface area contributed by atoms with Gasteiger partial charge in [0.05, 0.1) is 5.41 Å². The molecule has 2 rings (SSSR count). The molecule has 2 fully saturated rings. The SMILES string of the molecule is CCCC1(C(=O)O)CCN(C(=O)C2CCSC2)C1. The Labute approximate surface area is 112 Å². The number of likely N-dealkylation sites (tertiary alicyclic amines) is 1. The lowest BCUT2D eigenvalue weighted by atomic mass is 9.83. The number of carbonyl (C=O) groups is 2. The lowest BCUT2D eigenvalue weighted by Gasteiger charge is -2.25. The van der Waals surface area contributed by atoms with Gasteiger partial charge in [0, 0.05) is 24.8 Å². The number of nitrogens with zero attached hydrogens (tertiary/aromatic N) is 1. The van der Waals surface area contributed by atoms with Crippen molar-refractivity contribution >= 4 is 23.6 Å². The molecule has 0 aromatic heterocycles. The maximum Gasteiger partial charge on any atom is 0.311 e. The van der Waals surface area contributed by atoms with Gasteiger partial charge in [-0.2, -0.15) is 11.8 Å². The van der Waals surface area contributed by atoms with Gasteiger partial charge in [-0.05, 0) is 25.0 Å². The van der Waals surface area contributed by atoms with Crippen molar-refractivity contribution in [3.63, 3.8) is 0 Å². The Hall–Kier alpha value is -0.710. The van der Waals surface area contributed by atoms with Crippen LogP contribution in [0.2, 0.25) is 0 Å². The molecule has 0 bridgehead atoms. The highest BCUT2D eigenvalue weighted by molar-refractivity contribution is 7.99. The molecule has 0 aromatic carbocycles. The first-order valence-corrected chi connectivity index (χ1v) is 7.84. The van der Waals surface area contributed by atoms with Crippen LogP contribution >= 0.6 is 11.8 Å². The van der Waals surface area contributed by atoms with Gasteiger partial charge in [-0.3, -0.25) is 9.59 Å². The minimum absolute atomic E-state index is 0.126. The Morgan fingerprint density at radius 1 is 1.50 bits per heavy atom.